The number of amides is 1. The van der Waals surface area contributed by atoms with E-state index in [-0.39, 0.29) is 37.6 Å². The van der Waals surface area contributed by atoms with Crippen LogP contribution in [0, 0.1) is 17.1 Å². The Balaban J connectivity index is 1.77. The van der Waals surface area contributed by atoms with Gasteiger partial charge >= 0.3 is 5.97 Å². The maximum Gasteiger partial charge on any atom is 0.326 e. The van der Waals surface area contributed by atoms with Crippen LogP contribution in [0.4, 0.5) is 4.39 Å². The Morgan fingerprint density at radius 1 is 1.03 bits per heavy atom. The van der Waals surface area contributed by atoms with Crippen molar-refractivity contribution in [2.45, 2.75) is 12.5 Å². The normalized spacial score (nSPS) is 11.7. The highest BCUT2D eigenvalue weighted by Gasteiger charge is 2.25. The molecule has 0 aliphatic heterocycles. The number of carboxylic acids is 1. The molecule has 0 spiro atoms. The van der Waals surface area contributed by atoms with E-state index in [9.17, 15) is 19.1 Å². The van der Waals surface area contributed by atoms with Crippen LogP contribution in [0.3, 0.4) is 0 Å². The van der Waals surface area contributed by atoms with Gasteiger partial charge in [0, 0.05) is 22.9 Å². The molecule has 11 heteroatoms. The van der Waals surface area contributed by atoms with Crippen molar-refractivity contribution in [3.8, 4) is 17.2 Å². The summed E-state index contributed by atoms with van der Waals surface area (Å²) in [5.41, 5.74) is 1.74. The zero-order valence-electron chi connectivity index (χ0n) is 18.5. The second-order valence-electron chi connectivity index (χ2n) is 7.91. The number of aliphatic carboxylic acids is 1. The van der Waals surface area contributed by atoms with Crippen LogP contribution < -0.4 is 5.32 Å². The molecular formula is C26H14Cl4FN3O3. The zero-order valence-corrected chi connectivity index (χ0v) is 21.6. The molecule has 1 amide bonds. The van der Waals surface area contributed by atoms with Crippen molar-refractivity contribution < 1.29 is 19.1 Å². The van der Waals surface area contributed by atoms with E-state index in [4.69, 9.17) is 51.7 Å². The van der Waals surface area contributed by atoms with Crippen LogP contribution >= 0.6 is 46.4 Å². The Morgan fingerprint density at radius 3 is 2.27 bits per heavy atom. The standard InChI is InChI=1S/C26H14Cl4FN3O3/c27-17-2-1-3-18(28)23(17)25(35)34-21(26(36)37)8-13-4-5-15(24-16(13)9-14(31)11-33-24)22-19(29)6-12(10-32)7-20(22)30/h1-7,9,11,21H,8H2,(H,34,35)(H,36,37)/t21-/m0/s1. The van der Waals surface area contributed by atoms with Gasteiger partial charge in [-0.2, -0.15) is 5.26 Å². The van der Waals surface area contributed by atoms with Gasteiger partial charge in [0.05, 0.1) is 49.0 Å². The average molecular weight is 577 g/mol. The molecule has 0 aliphatic rings. The van der Waals surface area contributed by atoms with E-state index in [2.05, 4.69) is 10.3 Å². The van der Waals surface area contributed by atoms with Crippen LogP contribution in [0.2, 0.25) is 20.1 Å². The topological polar surface area (TPSA) is 103 Å². The number of carbonyl (C=O) groups is 2. The van der Waals surface area contributed by atoms with Gasteiger partial charge in [-0.1, -0.05) is 64.6 Å². The fraction of sp³-hybridized carbons (Fsp3) is 0.0769. The van der Waals surface area contributed by atoms with Gasteiger partial charge in [0.2, 0.25) is 0 Å². The number of carboxylic acid groups (broad SMARTS) is 1. The van der Waals surface area contributed by atoms with Crippen molar-refractivity contribution in [1.82, 2.24) is 10.3 Å². The molecule has 4 aromatic rings. The van der Waals surface area contributed by atoms with E-state index in [1.54, 1.807) is 18.2 Å². The van der Waals surface area contributed by atoms with Gasteiger partial charge < -0.3 is 10.4 Å². The van der Waals surface area contributed by atoms with Crippen LogP contribution in [0.1, 0.15) is 21.5 Å². The molecule has 1 atom stereocenters. The molecule has 6 nitrogen and oxygen atoms in total. The maximum absolute atomic E-state index is 14.3. The number of nitrogens with zero attached hydrogens (tertiary/aromatic N) is 2. The van der Waals surface area contributed by atoms with Crippen molar-refractivity contribution in [1.29, 1.82) is 5.26 Å². The molecule has 0 aliphatic carbocycles. The first-order valence-electron chi connectivity index (χ1n) is 10.5. The summed E-state index contributed by atoms with van der Waals surface area (Å²) >= 11 is 25.0. The highest BCUT2D eigenvalue weighted by molar-refractivity contribution is 6.40. The molecule has 0 saturated heterocycles. The van der Waals surface area contributed by atoms with Crippen molar-refractivity contribution in [3.63, 3.8) is 0 Å². The second kappa shape index (κ2) is 10.9. The number of nitrogens with one attached hydrogen (secondary N) is 1. The van der Waals surface area contributed by atoms with Gasteiger partial charge in [-0.25, -0.2) is 9.18 Å². The molecule has 0 saturated carbocycles. The first-order valence-corrected chi connectivity index (χ1v) is 12.1. The largest absolute Gasteiger partial charge is 0.480 e. The molecule has 4 rings (SSSR count). The average Bonchev–Trinajstić information content (AvgIpc) is 2.83. The van der Waals surface area contributed by atoms with E-state index in [0.717, 1.165) is 6.20 Å². The Bertz CT molecular complexity index is 1580. The Hall–Kier alpha value is -3.41. The lowest BCUT2D eigenvalue weighted by Crippen LogP contribution is -2.42. The lowest BCUT2D eigenvalue weighted by molar-refractivity contribution is -0.139. The van der Waals surface area contributed by atoms with Crippen molar-refractivity contribution in [2.75, 3.05) is 0 Å². The van der Waals surface area contributed by atoms with Crippen molar-refractivity contribution >= 4 is 69.2 Å². The minimum Gasteiger partial charge on any atom is -0.480 e. The highest BCUT2D eigenvalue weighted by atomic mass is 35.5. The van der Waals surface area contributed by atoms with Crippen molar-refractivity contribution in [2.24, 2.45) is 0 Å². The first-order chi connectivity index (χ1) is 17.6. The number of rotatable bonds is 6. The number of nitriles is 1. The summed E-state index contributed by atoms with van der Waals surface area (Å²) in [6.07, 6.45) is 0.802. The maximum atomic E-state index is 14.3. The highest BCUT2D eigenvalue weighted by Crippen LogP contribution is 2.40. The van der Waals surface area contributed by atoms with Crippen molar-refractivity contribution in [3.05, 3.63) is 97.3 Å². The predicted molar refractivity (Wildman–Crippen MR) is 141 cm³/mol. The summed E-state index contributed by atoms with van der Waals surface area (Å²) in [5, 5.41) is 22.2. The Kier molecular flexibility index (Phi) is 7.86. The molecule has 3 aromatic carbocycles. The lowest BCUT2D eigenvalue weighted by atomic mass is 9.94. The summed E-state index contributed by atoms with van der Waals surface area (Å²) in [6.45, 7) is 0. The summed E-state index contributed by atoms with van der Waals surface area (Å²) in [5.74, 6) is -2.75. The fourth-order valence-electron chi connectivity index (χ4n) is 3.89. The summed E-state index contributed by atoms with van der Waals surface area (Å²) in [4.78, 5) is 29.1. The van der Waals surface area contributed by atoms with Crippen LogP contribution in [-0.2, 0) is 11.2 Å². The van der Waals surface area contributed by atoms with E-state index in [0.29, 0.717) is 27.6 Å². The first kappa shape index (κ1) is 26.6. The third kappa shape index (κ3) is 5.48. The van der Waals surface area contributed by atoms with E-state index < -0.39 is 23.7 Å². The van der Waals surface area contributed by atoms with Gasteiger partial charge in [0.1, 0.15) is 11.9 Å². The Labute approximate surface area is 230 Å². The minimum atomic E-state index is -1.40. The number of hydrogen-bond donors (Lipinski definition) is 2. The van der Waals surface area contributed by atoms with Crippen LogP contribution in [-0.4, -0.2) is 28.0 Å². The lowest BCUT2D eigenvalue weighted by Gasteiger charge is -2.18. The van der Waals surface area contributed by atoms with Gasteiger partial charge in [0.25, 0.3) is 5.91 Å². The number of carbonyl (C=O) groups excluding carboxylic acids is 1. The number of fused-ring (bicyclic) bond motifs is 1. The quantitative estimate of drug-likeness (QED) is 0.258. The van der Waals surface area contributed by atoms with Crippen LogP contribution in [0.25, 0.3) is 22.0 Å². The number of hydrogen-bond acceptors (Lipinski definition) is 4. The molecule has 1 heterocycles. The third-order valence-corrected chi connectivity index (χ3v) is 6.79. The van der Waals surface area contributed by atoms with Gasteiger partial charge in [0.15, 0.2) is 0 Å². The number of aromatic nitrogens is 1. The van der Waals surface area contributed by atoms with E-state index in [1.165, 1.54) is 30.3 Å². The molecule has 0 bridgehead atoms. The minimum absolute atomic E-state index is 0.0601. The number of pyridine rings is 1. The molecule has 2 N–H and O–H groups in total. The van der Waals surface area contributed by atoms with Crippen LogP contribution in [0.15, 0.2) is 54.7 Å². The fourth-order valence-corrected chi connectivity index (χ4v) is 5.15. The van der Waals surface area contributed by atoms with Gasteiger partial charge in [-0.15, -0.1) is 0 Å². The molecule has 186 valence electrons. The number of benzene rings is 3. The second-order valence-corrected chi connectivity index (χ2v) is 9.54. The number of halogens is 5. The van der Waals surface area contributed by atoms with Gasteiger partial charge in [-0.3, -0.25) is 9.78 Å². The van der Waals surface area contributed by atoms with E-state index >= 15 is 0 Å². The monoisotopic (exact) mass is 575 g/mol. The molecule has 1 aromatic heterocycles. The smallest absolute Gasteiger partial charge is 0.326 e. The summed E-state index contributed by atoms with van der Waals surface area (Å²) < 4.78 is 14.3. The van der Waals surface area contributed by atoms with Gasteiger partial charge in [-0.05, 0) is 35.9 Å². The summed E-state index contributed by atoms with van der Waals surface area (Å²) in [6, 6.07) is 12.3. The summed E-state index contributed by atoms with van der Waals surface area (Å²) in [7, 11) is 0. The Morgan fingerprint density at radius 2 is 1.68 bits per heavy atom. The zero-order chi connectivity index (χ0) is 26.9. The molecule has 0 unspecified atom stereocenters. The van der Waals surface area contributed by atoms with E-state index in [1.807, 2.05) is 6.07 Å². The SMILES string of the molecule is N#Cc1cc(Cl)c(-c2ccc(C[C@H](NC(=O)c3c(Cl)cccc3Cl)C(=O)O)c3cc(F)cnc23)c(Cl)c1. The third-order valence-electron chi connectivity index (χ3n) is 5.56. The van der Waals surface area contributed by atoms with Crippen LogP contribution in [0.5, 0.6) is 0 Å². The molecular weight excluding hydrogens is 563 g/mol. The predicted octanol–water partition coefficient (Wildman–Crippen LogP) is 6.95. The molecule has 37 heavy (non-hydrogen) atoms. The molecule has 0 radical (unpaired) electrons. The molecule has 0 fully saturated rings.